The predicted octanol–water partition coefficient (Wildman–Crippen LogP) is 3.90. The molecular formula is C21H19N6S+. The molecule has 0 saturated heterocycles. The first-order valence-electron chi connectivity index (χ1n) is 9.18. The number of quaternary nitrogens is 1. The van der Waals surface area contributed by atoms with Gasteiger partial charge in [-0.05, 0) is 41.4 Å². The smallest absolute Gasteiger partial charge is 0.325 e. The number of hydrogen-bond donors (Lipinski definition) is 1. The van der Waals surface area contributed by atoms with Gasteiger partial charge < -0.3 is 5.73 Å². The molecule has 2 aromatic heterocycles. The Kier molecular flexibility index (Phi) is 3.92. The molecule has 0 amide bonds. The minimum Gasteiger partial charge on any atom is -0.379 e. The highest BCUT2D eigenvalue weighted by Crippen LogP contribution is 2.40. The molecule has 1 unspecified atom stereocenters. The summed E-state index contributed by atoms with van der Waals surface area (Å²) >= 11 is 1.60. The molecule has 5 rings (SSSR count). The number of allylic oxidation sites excluding steroid dienone is 1. The molecular weight excluding hydrogens is 368 g/mol. The molecule has 6 nitrogen and oxygen atoms in total. The standard InChI is InChI=1S/C21H19N6S/c1-2-16-13-28-21(25-16)27-17(12-24-20(27)8-7-19(22)26-27)11-14-5-6-18-15(10-14)4-3-9-23-18/h3-10,12-13H,2,11H2,1H3,(H2,22,26)/q+1. The number of hydrogen-bond acceptors (Lipinski definition) is 6. The summed E-state index contributed by atoms with van der Waals surface area (Å²) in [7, 11) is 0. The fourth-order valence-electron chi connectivity index (χ4n) is 3.56. The minimum absolute atomic E-state index is 0.137. The lowest BCUT2D eigenvalue weighted by Gasteiger charge is -2.28. The number of aromatic nitrogens is 2. The zero-order chi connectivity index (χ0) is 19.1. The van der Waals surface area contributed by atoms with Crippen molar-refractivity contribution in [3.63, 3.8) is 0 Å². The molecule has 28 heavy (non-hydrogen) atoms. The number of rotatable bonds is 4. The van der Waals surface area contributed by atoms with Crippen LogP contribution in [0.15, 0.2) is 76.1 Å². The van der Waals surface area contributed by atoms with Gasteiger partial charge in [0.15, 0.2) is 11.5 Å². The van der Waals surface area contributed by atoms with E-state index < -0.39 is 0 Å². The Morgan fingerprint density at radius 1 is 1.18 bits per heavy atom. The van der Waals surface area contributed by atoms with Crippen LogP contribution in [-0.4, -0.2) is 21.6 Å². The maximum atomic E-state index is 6.12. The van der Waals surface area contributed by atoms with Gasteiger partial charge in [-0.2, -0.15) is 9.98 Å². The molecule has 138 valence electrons. The molecule has 7 heteroatoms. The molecule has 0 bridgehead atoms. The average Bonchev–Trinajstić information content (AvgIpc) is 3.34. The Morgan fingerprint density at radius 3 is 2.96 bits per heavy atom. The highest BCUT2D eigenvalue weighted by atomic mass is 32.1. The van der Waals surface area contributed by atoms with Crippen molar-refractivity contribution in [1.82, 2.24) is 14.6 Å². The van der Waals surface area contributed by atoms with Crippen LogP contribution in [-0.2, 0) is 12.8 Å². The highest BCUT2D eigenvalue weighted by molar-refractivity contribution is 7.13. The van der Waals surface area contributed by atoms with Crippen LogP contribution < -0.4 is 10.3 Å². The predicted molar refractivity (Wildman–Crippen MR) is 115 cm³/mol. The minimum atomic E-state index is 0.137. The monoisotopic (exact) mass is 387 g/mol. The first-order chi connectivity index (χ1) is 13.7. The van der Waals surface area contributed by atoms with Gasteiger partial charge in [0.25, 0.3) is 5.84 Å². The number of fused-ring (bicyclic) bond motifs is 2. The Labute approximate surface area is 166 Å². The molecule has 0 aliphatic carbocycles. The van der Waals surface area contributed by atoms with Gasteiger partial charge in [-0.3, -0.25) is 4.98 Å². The highest BCUT2D eigenvalue weighted by Gasteiger charge is 2.49. The van der Waals surface area contributed by atoms with Crippen LogP contribution in [0.1, 0.15) is 18.2 Å². The molecule has 3 aromatic rings. The molecule has 2 aliphatic heterocycles. The van der Waals surface area contributed by atoms with Gasteiger partial charge in [-0.25, -0.2) is 0 Å². The average molecular weight is 387 g/mol. The van der Waals surface area contributed by atoms with Crippen LogP contribution in [0, 0.1) is 0 Å². The number of pyridine rings is 1. The first-order valence-corrected chi connectivity index (χ1v) is 10.1. The zero-order valence-corrected chi connectivity index (χ0v) is 16.2. The third kappa shape index (κ3) is 2.59. The van der Waals surface area contributed by atoms with Crippen LogP contribution in [0.25, 0.3) is 10.9 Å². The second kappa shape index (κ2) is 6.47. The maximum Gasteiger partial charge on any atom is 0.325 e. The first kappa shape index (κ1) is 17.0. The number of benzene rings is 1. The molecule has 0 spiro atoms. The quantitative estimate of drug-likeness (QED) is 0.690. The van der Waals surface area contributed by atoms with Crippen molar-refractivity contribution in [2.75, 3.05) is 0 Å². The van der Waals surface area contributed by atoms with Crippen molar-refractivity contribution in [2.24, 2.45) is 15.8 Å². The lowest BCUT2D eigenvalue weighted by molar-refractivity contribution is 0.523. The van der Waals surface area contributed by atoms with Crippen LogP contribution in [0.2, 0.25) is 0 Å². The molecule has 2 N–H and O–H groups in total. The topological polar surface area (TPSA) is 76.5 Å². The molecule has 2 aliphatic rings. The summed E-state index contributed by atoms with van der Waals surface area (Å²) in [6.45, 7) is 2.10. The summed E-state index contributed by atoms with van der Waals surface area (Å²) in [6.07, 6.45) is 9.03. The number of amidine groups is 2. The fourth-order valence-corrected chi connectivity index (χ4v) is 4.60. The molecule has 0 radical (unpaired) electrons. The molecule has 0 saturated carbocycles. The summed E-state index contributed by atoms with van der Waals surface area (Å²) in [5.41, 5.74) is 10.4. The van der Waals surface area contributed by atoms with E-state index in [9.17, 15) is 0 Å². The Hall–Kier alpha value is -3.16. The van der Waals surface area contributed by atoms with E-state index in [0.717, 1.165) is 39.7 Å². The fraction of sp³-hybridized carbons (Fsp3) is 0.143. The van der Waals surface area contributed by atoms with Crippen LogP contribution >= 0.6 is 11.3 Å². The summed E-state index contributed by atoms with van der Waals surface area (Å²) in [6, 6.07) is 10.4. The number of nitrogens with zero attached hydrogens (tertiary/aromatic N) is 5. The van der Waals surface area contributed by atoms with Crippen LogP contribution in [0.3, 0.4) is 0 Å². The molecule has 1 atom stereocenters. The third-order valence-electron chi connectivity index (χ3n) is 4.99. The number of aliphatic imine (C=N–C) groups is 1. The van der Waals surface area contributed by atoms with Crippen LogP contribution in [0.5, 0.6) is 0 Å². The van der Waals surface area contributed by atoms with Gasteiger partial charge in [0, 0.05) is 23.0 Å². The Balaban J connectivity index is 1.59. The second-order valence-corrected chi connectivity index (χ2v) is 7.62. The Morgan fingerprint density at radius 2 is 2.11 bits per heavy atom. The van der Waals surface area contributed by atoms with E-state index >= 15 is 0 Å². The van der Waals surface area contributed by atoms with Crippen molar-refractivity contribution in [3.8, 4) is 0 Å². The molecule has 0 fully saturated rings. The Bertz CT molecular complexity index is 1200. The number of thiazole rings is 1. The molecule has 1 aromatic carbocycles. The van der Waals surface area contributed by atoms with E-state index in [1.54, 1.807) is 17.4 Å². The zero-order valence-electron chi connectivity index (χ0n) is 15.4. The summed E-state index contributed by atoms with van der Waals surface area (Å²) in [5, 5.41) is 8.89. The van der Waals surface area contributed by atoms with Gasteiger partial charge in [-0.15, -0.1) is 0 Å². The second-order valence-electron chi connectivity index (χ2n) is 6.78. The van der Waals surface area contributed by atoms with Gasteiger partial charge in [0.1, 0.15) is 0 Å². The van der Waals surface area contributed by atoms with Gasteiger partial charge >= 0.3 is 5.13 Å². The van der Waals surface area contributed by atoms with E-state index in [1.807, 2.05) is 24.5 Å². The third-order valence-corrected chi connectivity index (χ3v) is 5.95. The van der Waals surface area contributed by atoms with E-state index in [4.69, 9.17) is 15.8 Å². The van der Waals surface area contributed by atoms with Gasteiger partial charge in [-0.1, -0.05) is 35.0 Å². The number of nitrogens with two attached hydrogens (primary N) is 1. The van der Waals surface area contributed by atoms with Gasteiger partial charge in [0.05, 0.1) is 23.8 Å². The van der Waals surface area contributed by atoms with E-state index in [2.05, 4.69) is 46.5 Å². The number of aryl methyl sites for hydroxylation is 1. The largest absolute Gasteiger partial charge is 0.379 e. The lowest BCUT2D eigenvalue weighted by atomic mass is 10.1. The van der Waals surface area contributed by atoms with Crippen molar-refractivity contribution in [3.05, 3.63) is 77.2 Å². The summed E-state index contributed by atoms with van der Waals surface area (Å²) in [5.74, 6) is 1.30. The SMILES string of the molecule is CCc1csc([N+]23N=C(N)C=CC2=NC=C3Cc2ccc3ncccc3c2)n1. The van der Waals surface area contributed by atoms with E-state index in [1.165, 1.54) is 5.56 Å². The van der Waals surface area contributed by atoms with Crippen molar-refractivity contribution in [2.45, 2.75) is 19.8 Å². The van der Waals surface area contributed by atoms with E-state index in [-0.39, 0.29) is 4.59 Å². The maximum absolute atomic E-state index is 6.12. The molecule has 4 heterocycles. The van der Waals surface area contributed by atoms with E-state index in [0.29, 0.717) is 12.3 Å². The van der Waals surface area contributed by atoms with Gasteiger partial charge in [0.2, 0.25) is 0 Å². The lowest BCUT2D eigenvalue weighted by Crippen LogP contribution is -2.49. The normalized spacial score (nSPS) is 20.7. The summed E-state index contributed by atoms with van der Waals surface area (Å²) in [4.78, 5) is 13.9. The van der Waals surface area contributed by atoms with Crippen molar-refractivity contribution >= 4 is 39.0 Å². The van der Waals surface area contributed by atoms with Crippen molar-refractivity contribution in [1.29, 1.82) is 0 Å². The van der Waals surface area contributed by atoms with Crippen molar-refractivity contribution < 1.29 is 0 Å². The summed E-state index contributed by atoms with van der Waals surface area (Å²) < 4.78 is 0.137. The van der Waals surface area contributed by atoms with Crippen LogP contribution in [0.4, 0.5) is 5.13 Å².